The minimum atomic E-state index is 0.125. The highest BCUT2D eigenvalue weighted by Gasteiger charge is 2.28. The highest BCUT2D eigenvalue weighted by molar-refractivity contribution is 5.47. The Labute approximate surface area is 143 Å². The summed E-state index contributed by atoms with van der Waals surface area (Å²) in [4.78, 5) is 6.75. The van der Waals surface area contributed by atoms with Crippen LogP contribution < -0.4 is 14.8 Å². The topological polar surface area (TPSA) is 46.6 Å². The molecule has 128 valence electrons. The molecule has 1 aliphatic rings. The minimum Gasteiger partial charge on any atom is -0.497 e. The van der Waals surface area contributed by atoms with E-state index >= 15 is 0 Å². The van der Waals surface area contributed by atoms with Gasteiger partial charge in [0.2, 0.25) is 0 Å². The largest absolute Gasteiger partial charge is 0.497 e. The van der Waals surface area contributed by atoms with Gasteiger partial charge < -0.3 is 14.8 Å². The molecular weight excluding hydrogens is 302 g/mol. The predicted octanol–water partition coefficient (Wildman–Crippen LogP) is 2.40. The molecule has 1 saturated heterocycles. The van der Waals surface area contributed by atoms with E-state index in [9.17, 15) is 0 Å². The summed E-state index contributed by atoms with van der Waals surface area (Å²) in [5.41, 5.74) is 3.58. The zero-order valence-corrected chi connectivity index (χ0v) is 14.6. The lowest BCUT2D eigenvalue weighted by Gasteiger charge is -2.36. The second kappa shape index (κ2) is 7.64. The van der Waals surface area contributed by atoms with Crippen LogP contribution in [0.4, 0.5) is 0 Å². The fourth-order valence-corrected chi connectivity index (χ4v) is 3.35. The lowest BCUT2D eigenvalue weighted by Crippen LogP contribution is -2.45. The maximum absolute atomic E-state index is 5.66. The second-order valence-electron chi connectivity index (χ2n) is 6.03. The maximum Gasteiger partial charge on any atom is 0.124 e. The standard InChI is InChI=1S/C19H25N3O2/c1-14-13-21-7-6-16(14)19(22-10-8-20-9-11-22)17-12-15(23-2)4-5-18(17)24-3/h4-7,12-13,19-20H,8-11H2,1-3H3. The summed E-state index contributed by atoms with van der Waals surface area (Å²) in [5.74, 6) is 1.73. The number of benzene rings is 1. The first-order chi connectivity index (χ1) is 11.7. The van der Waals surface area contributed by atoms with Crippen molar-refractivity contribution >= 4 is 0 Å². The molecule has 5 nitrogen and oxygen atoms in total. The van der Waals surface area contributed by atoms with Crippen molar-refractivity contribution in [1.82, 2.24) is 15.2 Å². The van der Waals surface area contributed by atoms with Crippen molar-refractivity contribution in [1.29, 1.82) is 0 Å². The van der Waals surface area contributed by atoms with Gasteiger partial charge in [0.25, 0.3) is 0 Å². The highest BCUT2D eigenvalue weighted by atomic mass is 16.5. The van der Waals surface area contributed by atoms with Gasteiger partial charge in [-0.3, -0.25) is 9.88 Å². The number of nitrogens with one attached hydrogen (secondary N) is 1. The first-order valence-corrected chi connectivity index (χ1v) is 8.31. The molecule has 1 atom stereocenters. The van der Waals surface area contributed by atoms with Crippen LogP contribution in [0.2, 0.25) is 0 Å². The van der Waals surface area contributed by atoms with Gasteiger partial charge in [-0.15, -0.1) is 0 Å². The van der Waals surface area contributed by atoms with Gasteiger partial charge in [0.05, 0.1) is 20.3 Å². The molecule has 3 rings (SSSR count). The SMILES string of the molecule is COc1ccc(OC)c(C(c2ccncc2C)N2CCNCC2)c1. The Morgan fingerprint density at radius 1 is 1.08 bits per heavy atom. The molecule has 1 aromatic heterocycles. The number of pyridine rings is 1. The van der Waals surface area contributed by atoms with Crippen molar-refractivity contribution in [3.63, 3.8) is 0 Å². The summed E-state index contributed by atoms with van der Waals surface area (Å²) in [5, 5.41) is 3.43. The van der Waals surface area contributed by atoms with Crippen LogP contribution in [0.15, 0.2) is 36.7 Å². The summed E-state index contributed by atoms with van der Waals surface area (Å²) < 4.78 is 11.1. The average Bonchev–Trinajstić information content (AvgIpc) is 2.64. The summed E-state index contributed by atoms with van der Waals surface area (Å²) in [7, 11) is 3.42. The number of rotatable bonds is 5. The van der Waals surface area contributed by atoms with Crippen LogP contribution >= 0.6 is 0 Å². The van der Waals surface area contributed by atoms with Crippen LogP contribution in [0.3, 0.4) is 0 Å². The van der Waals surface area contributed by atoms with Crippen molar-refractivity contribution in [2.24, 2.45) is 0 Å². The van der Waals surface area contributed by atoms with Crippen LogP contribution in [0, 0.1) is 6.92 Å². The first kappa shape index (κ1) is 16.7. The summed E-state index contributed by atoms with van der Waals surface area (Å²) in [6.45, 7) is 6.09. The molecule has 0 spiro atoms. The lowest BCUT2D eigenvalue weighted by atomic mass is 9.93. The van der Waals surface area contributed by atoms with Crippen molar-refractivity contribution in [2.45, 2.75) is 13.0 Å². The van der Waals surface area contributed by atoms with Crippen molar-refractivity contribution < 1.29 is 9.47 Å². The molecule has 0 amide bonds. The van der Waals surface area contributed by atoms with Crippen molar-refractivity contribution in [2.75, 3.05) is 40.4 Å². The molecule has 2 heterocycles. The summed E-state index contributed by atoms with van der Waals surface area (Å²) in [6, 6.07) is 8.25. The molecule has 1 aliphatic heterocycles. The monoisotopic (exact) mass is 327 g/mol. The van der Waals surface area contributed by atoms with E-state index < -0.39 is 0 Å². The van der Waals surface area contributed by atoms with E-state index in [0.29, 0.717) is 0 Å². The quantitative estimate of drug-likeness (QED) is 0.914. The van der Waals surface area contributed by atoms with Gasteiger partial charge in [-0.2, -0.15) is 0 Å². The Kier molecular flexibility index (Phi) is 5.33. The van der Waals surface area contributed by atoms with Gasteiger partial charge in [-0.05, 0) is 42.3 Å². The molecule has 1 aromatic carbocycles. The molecule has 5 heteroatoms. The molecule has 0 bridgehead atoms. The van der Waals surface area contributed by atoms with Gasteiger partial charge in [-0.25, -0.2) is 0 Å². The molecule has 1 unspecified atom stereocenters. The number of aromatic nitrogens is 1. The van der Waals surface area contributed by atoms with Crippen LogP contribution in [0.5, 0.6) is 11.5 Å². The number of piperazine rings is 1. The summed E-state index contributed by atoms with van der Waals surface area (Å²) in [6.07, 6.45) is 3.79. The zero-order valence-electron chi connectivity index (χ0n) is 14.6. The summed E-state index contributed by atoms with van der Waals surface area (Å²) >= 11 is 0. The van der Waals surface area contributed by atoms with Crippen molar-refractivity contribution in [3.05, 3.63) is 53.3 Å². The molecule has 24 heavy (non-hydrogen) atoms. The van der Waals surface area contributed by atoms with E-state index in [4.69, 9.17) is 9.47 Å². The van der Waals surface area contributed by atoms with Gasteiger partial charge in [0.1, 0.15) is 11.5 Å². The molecule has 0 aliphatic carbocycles. The van der Waals surface area contributed by atoms with E-state index in [0.717, 1.165) is 43.2 Å². The Bertz CT molecular complexity index is 684. The third-order valence-electron chi connectivity index (χ3n) is 4.61. The number of aryl methyl sites for hydroxylation is 1. The normalized spacial score (nSPS) is 16.6. The van der Waals surface area contributed by atoms with E-state index in [1.807, 2.05) is 24.5 Å². The molecule has 0 saturated carbocycles. The van der Waals surface area contributed by atoms with Gasteiger partial charge >= 0.3 is 0 Å². The molecule has 1 fully saturated rings. The number of hydrogen-bond donors (Lipinski definition) is 1. The fraction of sp³-hybridized carbons (Fsp3) is 0.421. The van der Waals surface area contributed by atoms with Crippen molar-refractivity contribution in [3.8, 4) is 11.5 Å². The second-order valence-corrected chi connectivity index (χ2v) is 6.03. The van der Waals surface area contributed by atoms with Gasteiger partial charge in [0, 0.05) is 44.1 Å². The highest BCUT2D eigenvalue weighted by Crippen LogP contribution is 2.38. The Morgan fingerprint density at radius 3 is 2.54 bits per heavy atom. The predicted molar refractivity (Wildman–Crippen MR) is 94.8 cm³/mol. The third kappa shape index (κ3) is 3.37. The fourth-order valence-electron chi connectivity index (χ4n) is 3.35. The van der Waals surface area contributed by atoms with Gasteiger partial charge in [0.15, 0.2) is 0 Å². The van der Waals surface area contributed by atoms with Crippen LogP contribution in [-0.4, -0.2) is 50.3 Å². The first-order valence-electron chi connectivity index (χ1n) is 8.31. The number of methoxy groups -OCH3 is 2. The number of ether oxygens (including phenoxy) is 2. The average molecular weight is 327 g/mol. The Hall–Kier alpha value is -2.11. The molecule has 2 aromatic rings. The van der Waals surface area contributed by atoms with Crippen LogP contribution in [-0.2, 0) is 0 Å². The number of nitrogens with zero attached hydrogens (tertiary/aromatic N) is 2. The minimum absolute atomic E-state index is 0.125. The molecular formula is C19H25N3O2. The van der Waals surface area contributed by atoms with Gasteiger partial charge in [-0.1, -0.05) is 0 Å². The zero-order chi connectivity index (χ0) is 16.9. The number of hydrogen-bond acceptors (Lipinski definition) is 5. The lowest BCUT2D eigenvalue weighted by molar-refractivity contribution is 0.194. The van der Waals surface area contributed by atoms with E-state index in [-0.39, 0.29) is 6.04 Å². The van der Waals surface area contributed by atoms with E-state index in [1.54, 1.807) is 14.2 Å². The van der Waals surface area contributed by atoms with E-state index in [1.165, 1.54) is 11.1 Å². The maximum atomic E-state index is 5.66. The third-order valence-corrected chi connectivity index (χ3v) is 4.61. The molecule has 1 N–H and O–H groups in total. The smallest absolute Gasteiger partial charge is 0.124 e. The van der Waals surface area contributed by atoms with Crippen LogP contribution in [0.25, 0.3) is 0 Å². The van der Waals surface area contributed by atoms with Crippen LogP contribution in [0.1, 0.15) is 22.7 Å². The Balaban J connectivity index is 2.12. The van der Waals surface area contributed by atoms with E-state index in [2.05, 4.69) is 34.3 Å². The molecule has 0 radical (unpaired) electrons. The Morgan fingerprint density at radius 2 is 1.88 bits per heavy atom.